The summed E-state index contributed by atoms with van der Waals surface area (Å²) in [5.41, 5.74) is 0. The Balaban J connectivity index is 4.53. The van der Waals surface area contributed by atoms with Gasteiger partial charge in [0.05, 0.1) is 0 Å². The Morgan fingerprint density at radius 3 is 0.812 bits per heavy atom. The summed E-state index contributed by atoms with van der Waals surface area (Å²) in [4.78, 5) is 0. The first-order valence-corrected chi connectivity index (χ1v) is 19.0. The Morgan fingerprint density at radius 2 is 0.688 bits per heavy atom. The molecular formula is C9H27O3SbSi3. The van der Waals surface area contributed by atoms with Gasteiger partial charge in [-0.05, 0) is 0 Å². The molecule has 0 bridgehead atoms. The molecule has 0 aromatic carbocycles. The van der Waals surface area contributed by atoms with Crippen molar-refractivity contribution in [1.29, 1.82) is 0 Å². The van der Waals surface area contributed by atoms with Crippen LogP contribution in [-0.2, 0) is 8.11 Å². The van der Waals surface area contributed by atoms with Crippen LogP contribution in [0.2, 0.25) is 58.9 Å². The molecule has 0 rings (SSSR count). The third-order valence-corrected chi connectivity index (χ3v) is 21.0. The Kier molecular flexibility index (Phi) is 6.50. The summed E-state index contributed by atoms with van der Waals surface area (Å²) in [6.07, 6.45) is 0. The fourth-order valence-corrected chi connectivity index (χ4v) is 16.9. The van der Waals surface area contributed by atoms with E-state index in [1.165, 1.54) is 0 Å². The Morgan fingerprint density at radius 1 is 0.500 bits per heavy atom. The van der Waals surface area contributed by atoms with Crippen molar-refractivity contribution in [2.75, 3.05) is 0 Å². The van der Waals surface area contributed by atoms with Gasteiger partial charge in [0.2, 0.25) is 0 Å². The molecule has 0 aliphatic heterocycles. The summed E-state index contributed by atoms with van der Waals surface area (Å²) >= 11 is -2.39. The molecule has 3 nitrogen and oxygen atoms in total. The third kappa shape index (κ3) is 11.8. The van der Waals surface area contributed by atoms with E-state index < -0.39 is 46.4 Å². The maximum absolute atomic E-state index is 6.14. The molecule has 0 saturated carbocycles. The first-order chi connectivity index (χ1) is 6.79. The Hall–Kier alpha value is 1.35. The molecule has 16 heavy (non-hydrogen) atoms. The molecule has 0 amide bonds. The molecule has 0 aliphatic rings. The van der Waals surface area contributed by atoms with Crippen LogP contribution in [0.1, 0.15) is 0 Å². The second-order valence-electron chi connectivity index (χ2n) is 6.83. The van der Waals surface area contributed by atoms with Crippen LogP contribution in [0, 0.1) is 0 Å². The summed E-state index contributed by atoms with van der Waals surface area (Å²) in [6, 6.07) is 0. The van der Waals surface area contributed by atoms with Crippen LogP contribution < -0.4 is 0 Å². The van der Waals surface area contributed by atoms with Crippen molar-refractivity contribution in [2.45, 2.75) is 58.9 Å². The van der Waals surface area contributed by atoms with Crippen molar-refractivity contribution in [2.24, 2.45) is 0 Å². The van der Waals surface area contributed by atoms with Gasteiger partial charge in [-0.3, -0.25) is 0 Å². The van der Waals surface area contributed by atoms with E-state index in [2.05, 4.69) is 58.9 Å². The first-order valence-electron chi connectivity index (χ1n) is 5.66. The molecular weight excluding hydrogens is 362 g/mol. The average molecular weight is 389 g/mol. The van der Waals surface area contributed by atoms with Gasteiger partial charge in [-0.15, -0.1) is 0 Å². The Bertz CT molecular complexity index is 179. The molecule has 0 aromatic heterocycles. The van der Waals surface area contributed by atoms with Crippen LogP contribution in [0.3, 0.4) is 0 Å². The van der Waals surface area contributed by atoms with Gasteiger partial charge >= 0.3 is 113 Å². The quantitative estimate of drug-likeness (QED) is 0.651. The van der Waals surface area contributed by atoms with Gasteiger partial charge in [0.25, 0.3) is 0 Å². The van der Waals surface area contributed by atoms with E-state index in [1.807, 2.05) is 0 Å². The van der Waals surface area contributed by atoms with Crippen LogP contribution in [0.5, 0.6) is 0 Å². The van der Waals surface area contributed by atoms with E-state index in [0.717, 1.165) is 0 Å². The van der Waals surface area contributed by atoms with Crippen molar-refractivity contribution in [3.8, 4) is 0 Å². The summed E-state index contributed by atoms with van der Waals surface area (Å²) in [6.45, 7) is 19.8. The summed E-state index contributed by atoms with van der Waals surface area (Å²) in [5, 5.41) is 0. The topological polar surface area (TPSA) is 27.7 Å². The molecule has 0 saturated heterocycles. The van der Waals surface area contributed by atoms with Gasteiger partial charge < -0.3 is 0 Å². The van der Waals surface area contributed by atoms with Crippen LogP contribution in [-0.4, -0.2) is 46.4 Å². The van der Waals surface area contributed by atoms with E-state index >= 15 is 0 Å². The summed E-state index contributed by atoms with van der Waals surface area (Å²) in [7, 11) is -4.63. The van der Waals surface area contributed by atoms with E-state index in [-0.39, 0.29) is 0 Å². The molecule has 0 atom stereocenters. The standard InChI is InChI=1S/3C3H9OSi.Sb/c3*1-5(2,3)4;/h3*1-3H3;/q3*-1;+3. The minimum absolute atomic E-state index is 1.54. The molecule has 0 heterocycles. The fraction of sp³-hybridized carbons (Fsp3) is 1.00. The van der Waals surface area contributed by atoms with Crippen LogP contribution >= 0.6 is 0 Å². The van der Waals surface area contributed by atoms with E-state index in [4.69, 9.17) is 8.11 Å². The van der Waals surface area contributed by atoms with Crippen molar-refractivity contribution in [3.05, 3.63) is 0 Å². The number of hydrogen-bond donors (Lipinski definition) is 0. The zero-order valence-electron chi connectivity index (χ0n) is 12.2. The van der Waals surface area contributed by atoms with Crippen LogP contribution in [0.4, 0.5) is 0 Å². The third-order valence-electron chi connectivity index (χ3n) is 1.05. The number of rotatable bonds is 6. The molecule has 0 aromatic rings. The van der Waals surface area contributed by atoms with Crippen molar-refractivity contribution in [3.63, 3.8) is 0 Å². The monoisotopic (exact) mass is 388 g/mol. The number of hydrogen-bond acceptors (Lipinski definition) is 3. The minimum atomic E-state index is -2.39. The SMILES string of the molecule is C[Si](C)(C)[O][Sb]([O][Si](C)(C)C)[O][Si](C)(C)C. The molecule has 7 heteroatoms. The van der Waals surface area contributed by atoms with Crippen molar-refractivity contribution >= 4 is 46.4 Å². The van der Waals surface area contributed by atoms with Crippen molar-refractivity contribution < 1.29 is 8.11 Å². The average Bonchev–Trinajstić information content (AvgIpc) is 1.70. The fourth-order valence-electron chi connectivity index (χ4n) is 0.727. The second-order valence-corrected chi connectivity index (χ2v) is 26.0. The molecule has 0 spiro atoms. The zero-order chi connectivity index (χ0) is 13.2. The molecule has 0 unspecified atom stereocenters. The summed E-state index contributed by atoms with van der Waals surface area (Å²) < 4.78 is 18.4. The van der Waals surface area contributed by atoms with E-state index in [1.54, 1.807) is 0 Å². The normalized spacial score (nSPS) is 14.6. The predicted molar refractivity (Wildman–Crippen MR) is 79.0 cm³/mol. The van der Waals surface area contributed by atoms with Gasteiger partial charge in [-0.2, -0.15) is 0 Å². The molecule has 0 fully saturated rings. The molecule has 0 aliphatic carbocycles. The van der Waals surface area contributed by atoms with Crippen LogP contribution in [0.15, 0.2) is 0 Å². The molecule has 98 valence electrons. The molecule has 0 radical (unpaired) electrons. The van der Waals surface area contributed by atoms with Gasteiger partial charge in [0.1, 0.15) is 0 Å². The van der Waals surface area contributed by atoms with Gasteiger partial charge in [0, 0.05) is 0 Å². The predicted octanol–water partition coefficient (Wildman–Crippen LogP) is 3.53. The maximum atomic E-state index is 6.14. The van der Waals surface area contributed by atoms with E-state index in [0.29, 0.717) is 0 Å². The van der Waals surface area contributed by atoms with Gasteiger partial charge in [-0.25, -0.2) is 0 Å². The molecule has 0 N–H and O–H groups in total. The van der Waals surface area contributed by atoms with Gasteiger partial charge in [0.15, 0.2) is 0 Å². The first kappa shape index (κ1) is 17.3. The Labute approximate surface area is 113 Å². The van der Waals surface area contributed by atoms with Crippen molar-refractivity contribution in [1.82, 2.24) is 0 Å². The summed E-state index contributed by atoms with van der Waals surface area (Å²) in [5.74, 6) is 0. The van der Waals surface area contributed by atoms with Crippen LogP contribution in [0.25, 0.3) is 0 Å². The van der Waals surface area contributed by atoms with Gasteiger partial charge in [-0.1, -0.05) is 0 Å². The second kappa shape index (κ2) is 5.99. The van der Waals surface area contributed by atoms with E-state index in [9.17, 15) is 0 Å². The zero-order valence-corrected chi connectivity index (χ0v) is 17.7.